The molecule has 8 nitrogen and oxygen atoms in total. The van der Waals surface area contributed by atoms with Gasteiger partial charge in [0.15, 0.2) is 11.5 Å². The molecule has 146 valence electrons. The molecule has 0 amide bonds. The van der Waals surface area contributed by atoms with Gasteiger partial charge in [-0.3, -0.25) is 0 Å². The fourth-order valence-corrected chi connectivity index (χ4v) is 2.68. The normalized spacial score (nSPS) is 10.1. The molecule has 0 aliphatic heterocycles. The minimum Gasteiger partial charge on any atom is -0.495 e. The van der Waals surface area contributed by atoms with Crippen LogP contribution in [0.5, 0.6) is 23.0 Å². The number of rotatable bonds is 8. The Balaban J connectivity index is 1.85. The average molecular weight is 382 g/mol. The second kappa shape index (κ2) is 8.81. The van der Waals surface area contributed by atoms with E-state index in [1.165, 1.54) is 6.33 Å². The third-order valence-electron chi connectivity index (χ3n) is 3.97. The second-order valence-corrected chi connectivity index (χ2v) is 5.65. The average Bonchev–Trinajstić information content (AvgIpc) is 2.73. The number of hydrogen-bond donors (Lipinski definition) is 2. The van der Waals surface area contributed by atoms with Crippen LogP contribution in [0.3, 0.4) is 0 Å². The highest BCUT2D eigenvalue weighted by molar-refractivity contribution is 5.69. The lowest BCUT2D eigenvalue weighted by atomic mass is 10.2. The summed E-state index contributed by atoms with van der Waals surface area (Å²) in [5, 5.41) is 6.45. The van der Waals surface area contributed by atoms with Crippen molar-refractivity contribution >= 4 is 23.0 Å². The topological polar surface area (TPSA) is 86.8 Å². The van der Waals surface area contributed by atoms with Crippen LogP contribution in [-0.2, 0) is 0 Å². The maximum Gasteiger partial charge on any atom is 0.203 e. The first-order chi connectivity index (χ1) is 13.7. The van der Waals surface area contributed by atoms with Crippen molar-refractivity contribution in [1.82, 2.24) is 9.97 Å². The van der Waals surface area contributed by atoms with Gasteiger partial charge in [-0.05, 0) is 12.1 Å². The number of ether oxygens (including phenoxy) is 4. The Hall–Kier alpha value is -3.68. The van der Waals surface area contributed by atoms with Crippen LogP contribution in [0, 0.1) is 0 Å². The zero-order chi connectivity index (χ0) is 19.9. The summed E-state index contributed by atoms with van der Waals surface area (Å²) < 4.78 is 21.5. The molecule has 2 N–H and O–H groups in total. The first kappa shape index (κ1) is 19.1. The van der Waals surface area contributed by atoms with E-state index in [1.54, 1.807) is 46.6 Å². The Morgan fingerprint density at radius 3 is 1.89 bits per heavy atom. The summed E-state index contributed by atoms with van der Waals surface area (Å²) in [7, 11) is 6.33. The molecule has 0 fully saturated rings. The number of aromatic nitrogens is 2. The van der Waals surface area contributed by atoms with Crippen LogP contribution >= 0.6 is 0 Å². The van der Waals surface area contributed by atoms with Crippen LogP contribution in [0.1, 0.15) is 0 Å². The predicted molar refractivity (Wildman–Crippen MR) is 108 cm³/mol. The third-order valence-corrected chi connectivity index (χ3v) is 3.97. The number of benzene rings is 2. The Morgan fingerprint density at radius 2 is 1.29 bits per heavy atom. The number of methoxy groups -OCH3 is 4. The molecule has 0 unspecified atom stereocenters. The van der Waals surface area contributed by atoms with Crippen molar-refractivity contribution in [1.29, 1.82) is 0 Å². The van der Waals surface area contributed by atoms with Gasteiger partial charge in [0.25, 0.3) is 0 Å². The fourth-order valence-electron chi connectivity index (χ4n) is 2.68. The van der Waals surface area contributed by atoms with Crippen molar-refractivity contribution < 1.29 is 18.9 Å². The van der Waals surface area contributed by atoms with Crippen molar-refractivity contribution in [2.75, 3.05) is 39.1 Å². The first-order valence-electron chi connectivity index (χ1n) is 8.47. The Morgan fingerprint density at radius 1 is 0.679 bits per heavy atom. The fraction of sp³-hybridized carbons (Fsp3) is 0.200. The molecular formula is C20H22N4O4. The molecule has 0 atom stereocenters. The number of nitrogens with one attached hydrogen (secondary N) is 2. The van der Waals surface area contributed by atoms with Crippen LogP contribution in [0.2, 0.25) is 0 Å². The third kappa shape index (κ3) is 4.17. The van der Waals surface area contributed by atoms with Crippen molar-refractivity contribution in [3.05, 3.63) is 48.8 Å². The largest absolute Gasteiger partial charge is 0.495 e. The van der Waals surface area contributed by atoms with Gasteiger partial charge in [-0.2, -0.15) is 0 Å². The van der Waals surface area contributed by atoms with Gasteiger partial charge in [-0.25, -0.2) is 9.97 Å². The van der Waals surface area contributed by atoms with E-state index in [9.17, 15) is 0 Å². The molecule has 2 aromatic carbocycles. The van der Waals surface area contributed by atoms with Crippen LogP contribution in [0.4, 0.5) is 23.0 Å². The maximum absolute atomic E-state index is 5.38. The smallest absolute Gasteiger partial charge is 0.203 e. The molecule has 0 aliphatic rings. The Kier molecular flexibility index (Phi) is 6.01. The van der Waals surface area contributed by atoms with Crippen LogP contribution in [0.15, 0.2) is 48.8 Å². The predicted octanol–water partition coefficient (Wildman–Crippen LogP) is 4.00. The maximum atomic E-state index is 5.38. The molecule has 3 rings (SSSR count). The lowest BCUT2D eigenvalue weighted by Crippen LogP contribution is -2.01. The SMILES string of the molecule is COc1ccccc1Nc1cc(Nc2cc(OC)c(OC)c(OC)c2)ncn1. The molecule has 0 saturated carbocycles. The molecule has 1 aromatic heterocycles. The van der Waals surface area contributed by atoms with E-state index in [-0.39, 0.29) is 0 Å². The van der Waals surface area contributed by atoms with Gasteiger partial charge in [0, 0.05) is 23.9 Å². The molecule has 0 bridgehead atoms. The van der Waals surface area contributed by atoms with E-state index in [2.05, 4.69) is 20.6 Å². The Labute approximate surface area is 163 Å². The van der Waals surface area contributed by atoms with Crippen molar-refractivity contribution in [3.8, 4) is 23.0 Å². The number of hydrogen-bond acceptors (Lipinski definition) is 8. The summed E-state index contributed by atoms with van der Waals surface area (Å²) in [5.74, 6) is 3.56. The van der Waals surface area contributed by atoms with E-state index < -0.39 is 0 Å². The van der Waals surface area contributed by atoms with Gasteiger partial charge in [0.2, 0.25) is 5.75 Å². The van der Waals surface area contributed by atoms with Crippen LogP contribution < -0.4 is 29.6 Å². The van der Waals surface area contributed by atoms with Gasteiger partial charge in [0.05, 0.1) is 34.1 Å². The molecule has 0 aliphatic carbocycles. The molecule has 8 heteroatoms. The first-order valence-corrected chi connectivity index (χ1v) is 8.47. The molecule has 0 radical (unpaired) electrons. The summed E-state index contributed by atoms with van der Waals surface area (Å²) >= 11 is 0. The zero-order valence-corrected chi connectivity index (χ0v) is 16.1. The minimum absolute atomic E-state index is 0.525. The molecule has 3 aromatic rings. The number of anilines is 4. The monoisotopic (exact) mass is 382 g/mol. The number of para-hydroxylation sites is 2. The highest BCUT2D eigenvalue weighted by Crippen LogP contribution is 2.40. The van der Waals surface area contributed by atoms with Crippen molar-refractivity contribution in [3.63, 3.8) is 0 Å². The summed E-state index contributed by atoms with van der Waals surface area (Å²) in [6.07, 6.45) is 1.47. The molecule has 1 heterocycles. The zero-order valence-electron chi connectivity index (χ0n) is 16.1. The molecule has 0 saturated heterocycles. The van der Waals surface area contributed by atoms with E-state index in [0.717, 1.165) is 17.1 Å². The van der Waals surface area contributed by atoms with Gasteiger partial charge in [0.1, 0.15) is 23.7 Å². The van der Waals surface area contributed by atoms with Crippen LogP contribution in [-0.4, -0.2) is 38.4 Å². The van der Waals surface area contributed by atoms with E-state index in [1.807, 2.05) is 24.3 Å². The van der Waals surface area contributed by atoms with Crippen LogP contribution in [0.25, 0.3) is 0 Å². The van der Waals surface area contributed by atoms with Gasteiger partial charge >= 0.3 is 0 Å². The summed E-state index contributed by atoms with van der Waals surface area (Å²) in [6, 6.07) is 13.0. The molecule has 0 spiro atoms. The summed E-state index contributed by atoms with van der Waals surface area (Å²) in [4.78, 5) is 8.53. The number of nitrogens with zero attached hydrogens (tertiary/aromatic N) is 2. The second-order valence-electron chi connectivity index (χ2n) is 5.65. The van der Waals surface area contributed by atoms with E-state index in [4.69, 9.17) is 18.9 Å². The highest BCUT2D eigenvalue weighted by Gasteiger charge is 2.14. The van der Waals surface area contributed by atoms with Crippen molar-refractivity contribution in [2.45, 2.75) is 0 Å². The minimum atomic E-state index is 0.525. The van der Waals surface area contributed by atoms with Gasteiger partial charge in [-0.15, -0.1) is 0 Å². The lowest BCUT2D eigenvalue weighted by molar-refractivity contribution is 0.324. The molecule has 28 heavy (non-hydrogen) atoms. The quantitative estimate of drug-likeness (QED) is 0.605. The Bertz CT molecular complexity index is 924. The standard InChI is InChI=1S/C20H22N4O4/c1-25-15-8-6-5-7-14(15)24-19-11-18(21-12-22-19)23-13-9-16(26-2)20(28-4)17(10-13)27-3/h5-12H,1-4H3,(H2,21,22,23,24). The lowest BCUT2D eigenvalue weighted by Gasteiger charge is -2.15. The van der Waals surface area contributed by atoms with Gasteiger partial charge in [-0.1, -0.05) is 12.1 Å². The molecular weight excluding hydrogens is 360 g/mol. The highest BCUT2D eigenvalue weighted by atomic mass is 16.5. The van der Waals surface area contributed by atoms with Gasteiger partial charge < -0.3 is 29.6 Å². The van der Waals surface area contributed by atoms with Crippen molar-refractivity contribution in [2.24, 2.45) is 0 Å². The van der Waals surface area contributed by atoms with E-state index in [0.29, 0.717) is 28.9 Å². The summed E-state index contributed by atoms with van der Waals surface area (Å²) in [5.41, 5.74) is 1.54. The summed E-state index contributed by atoms with van der Waals surface area (Å²) in [6.45, 7) is 0. The van der Waals surface area contributed by atoms with E-state index >= 15 is 0 Å².